The first kappa shape index (κ1) is 25.6. The van der Waals surface area contributed by atoms with Crippen LogP contribution in [-0.4, -0.2) is 42.6 Å². The van der Waals surface area contributed by atoms with E-state index in [9.17, 15) is 19.7 Å². The molecule has 1 saturated heterocycles. The molecular weight excluding hydrogens is 498 g/mol. The maximum absolute atomic E-state index is 13.3. The summed E-state index contributed by atoms with van der Waals surface area (Å²) in [5.41, 5.74) is 4.14. The SMILES string of the molecule is COc1ccc(/C=C2/SC(c3ccc(OC)cc3)N(NC(=O)COc3ccc([N+](=O)[O-])cc3)C2=O)cc1. The standard InChI is InChI=1S/C26H23N3O7S/c1-34-20-9-3-17(4-10-20)15-23-25(31)28(26(37-23)18-5-11-21(35-2)12-6-18)27-24(30)16-36-22-13-7-19(8-14-22)29(32)33/h3-15,26H,16H2,1-2H3,(H,27,30)/b23-15+. The van der Waals surface area contributed by atoms with Gasteiger partial charge >= 0.3 is 0 Å². The second-order valence-electron chi connectivity index (χ2n) is 7.77. The van der Waals surface area contributed by atoms with Crippen LogP contribution in [0.1, 0.15) is 16.5 Å². The lowest BCUT2D eigenvalue weighted by Gasteiger charge is -2.24. The van der Waals surface area contributed by atoms with E-state index >= 15 is 0 Å². The van der Waals surface area contributed by atoms with E-state index in [0.29, 0.717) is 16.4 Å². The number of hydrogen-bond acceptors (Lipinski definition) is 8. The first-order valence-corrected chi connectivity index (χ1v) is 11.9. The fourth-order valence-electron chi connectivity index (χ4n) is 3.47. The van der Waals surface area contributed by atoms with Crippen LogP contribution in [0.15, 0.2) is 77.7 Å². The second-order valence-corrected chi connectivity index (χ2v) is 8.90. The number of hydrazine groups is 1. The Morgan fingerprint density at radius 2 is 1.54 bits per heavy atom. The van der Waals surface area contributed by atoms with E-state index in [2.05, 4.69) is 5.43 Å². The van der Waals surface area contributed by atoms with Crippen LogP contribution in [0.3, 0.4) is 0 Å². The second kappa shape index (κ2) is 11.5. The average molecular weight is 522 g/mol. The van der Waals surface area contributed by atoms with Gasteiger partial charge in [-0.05, 0) is 53.6 Å². The van der Waals surface area contributed by atoms with Gasteiger partial charge < -0.3 is 14.2 Å². The third-order valence-electron chi connectivity index (χ3n) is 5.38. The van der Waals surface area contributed by atoms with Gasteiger partial charge in [-0.25, -0.2) is 5.01 Å². The van der Waals surface area contributed by atoms with Crippen LogP contribution in [0.5, 0.6) is 17.2 Å². The molecule has 0 saturated carbocycles. The van der Waals surface area contributed by atoms with E-state index < -0.39 is 16.2 Å². The van der Waals surface area contributed by atoms with Crippen LogP contribution < -0.4 is 19.6 Å². The molecule has 37 heavy (non-hydrogen) atoms. The predicted octanol–water partition coefficient (Wildman–Crippen LogP) is 4.34. The van der Waals surface area contributed by atoms with Gasteiger partial charge in [0.1, 0.15) is 22.6 Å². The number of non-ortho nitro benzene ring substituents is 1. The van der Waals surface area contributed by atoms with Crippen molar-refractivity contribution >= 4 is 35.3 Å². The molecule has 1 atom stereocenters. The molecule has 1 unspecified atom stereocenters. The fraction of sp³-hybridized carbons (Fsp3) is 0.154. The van der Waals surface area contributed by atoms with Crippen molar-refractivity contribution in [3.05, 3.63) is 98.9 Å². The van der Waals surface area contributed by atoms with Crippen LogP contribution in [-0.2, 0) is 9.59 Å². The van der Waals surface area contributed by atoms with Crippen molar-refractivity contribution in [3.8, 4) is 17.2 Å². The van der Waals surface area contributed by atoms with Gasteiger partial charge in [-0.2, -0.15) is 0 Å². The van der Waals surface area contributed by atoms with Crippen molar-refractivity contribution in [2.24, 2.45) is 0 Å². The number of benzene rings is 3. The maximum Gasteiger partial charge on any atom is 0.280 e. The topological polar surface area (TPSA) is 120 Å². The highest BCUT2D eigenvalue weighted by Gasteiger charge is 2.38. The van der Waals surface area contributed by atoms with Gasteiger partial charge in [0, 0.05) is 12.1 Å². The van der Waals surface area contributed by atoms with Crippen LogP contribution in [0.25, 0.3) is 6.08 Å². The molecule has 2 amide bonds. The number of thioether (sulfide) groups is 1. The minimum atomic E-state index is -0.559. The summed E-state index contributed by atoms with van der Waals surface area (Å²) in [6, 6.07) is 19.8. The zero-order chi connectivity index (χ0) is 26.4. The molecule has 1 N–H and O–H groups in total. The Labute approximate surface area is 216 Å². The van der Waals surface area contributed by atoms with Crippen LogP contribution in [0, 0.1) is 10.1 Å². The summed E-state index contributed by atoms with van der Waals surface area (Å²) in [6.07, 6.45) is 1.75. The molecule has 1 aliphatic rings. The molecule has 0 aromatic heterocycles. The summed E-state index contributed by atoms with van der Waals surface area (Å²) in [6.45, 7) is -0.390. The van der Waals surface area contributed by atoms with Gasteiger partial charge in [-0.15, -0.1) is 0 Å². The van der Waals surface area contributed by atoms with E-state index in [4.69, 9.17) is 14.2 Å². The van der Waals surface area contributed by atoms with Crippen molar-refractivity contribution in [3.63, 3.8) is 0 Å². The van der Waals surface area contributed by atoms with Crippen molar-refractivity contribution in [1.29, 1.82) is 0 Å². The van der Waals surface area contributed by atoms with E-state index in [-0.39, 0.29) is 24.0 Å². The third-order valence-corrected chi connectivity index (χ3v) is 6.63. The molecule has 0 aliphatic carbocycles. The highest BCUT2D eigenvalue weighted by Crippen LogP contribution is 2.45. The zero-order valence-electron chi connectivity index (χ0n) is 20.0. The quantitative estimate of drug-likeness (QED) is 0.251. The van der Waals surface area contributed by atoms with Crippen molar-refractivity contribution in [1.82, 2.24) is 10.4 Å². The smallest absolute Gasteiger partial charge is 0.280 e. The molecule has 1 aliphatic heterocycles. The number of hydrogen-bond donors (Lipinski definition) is 1. The van der Waals surface area contributed by atoms with Gasteiger partial charge in [0.15, 0.2) is 6.61 Å². The highest BCUT2D eigenvalue weighted by atomic mass is 32.2. The molecule has 4 rings (SSSR count). The van der Waals surface area contributed by atoms with E-state index in [1.807, 2.05) is 24.3 Å². The molecule has 11 heteroatoms. The van der Waals surface area contributed by atoms with Gasteiger partial charge in [0.2, 0.25) is 0 Å². The molecule has 190 valence electrons. The minimum Gasteiger partial charge on any atom is -0.497 e. The lowest BCUT2D eigenvalue weighted by Crippen LogP contribution is -2.46. The summed E-state index contributed by atoms with van der Waals surface area (Å²) < 4.78 is 15.9. The molecule has 3 aromatic rings. The number of methoxy groups -OCH3 is 2. The summed E-state index contributed by atoms with van der Waals surface area (Å²) in [5.74, 6) is 0.723. The first-order chi connectivity index (χ1) is 17.9. The van der Waals surface area contributed by atoms with E-state index in [1.54, 1.807) is 44.6 Å². The summed E-state index contributed by atoms with van der Waals surface area (Å²) in [4.78, 5) is 36.7. The van der Waals surface area contributed by atoms with Crippen molar-refractivity contribution in [2.75, 3.05) is 20.8 Å². The van der Waals surface area contributed by atoms with Crippen LogP contribution >= 0.6 is 11.8 Å². The Morgan fingerprint density at radius 1 is 0.973 bits per heavy atom. The summed E-state index contributed by atoms with van der Waals surface area (Å²) >= 11 is 1.31. The normalized spacial score (nSPS) is 15.9. The number of carbonyl (C=O) groups excluding carboxylic acids is 2. The average Bonchev–Trinajstić information content (AvgIpc) is 3.22. The molecule has 0 bridgehead atoms. The van der Waals surface area contributed by atoms with Crippen LogP contribution in [0.2, 0.25) is 0 Å². The number of carbonyl (C=O) groups is 2. The number of nitro groups is 1. The fourth-order valence-corrected chi connectivity index (χ4v) is 4.66. The number of nitro benzene ring substituents is 1. The van der Waals surface area contributed by atoms with Gasteiger partial charge in [0.05, 0.1) is 24.0 Å². The molecule has 3 aromatic carbocycles. The zero-order valence-corrected chi connectivity index (χ0v) is 20.8. The largest absolute Gasteiger partial charge is 0.497 e. The van der Waals surface area contributed by atoms with Crippen LogP contribution in [0.4, 0.5) is 5.69 Å². The molecule has 10 nitrogen and oxygen atoms in total. The summed E-state index contributed by atoms with van der Waals surface area (Å²) in [5, 5.41) is 11.5. The molecule has 0 spiro atoms. The minimum absolute atomic E-state index is 0.0880. The Bertz CT molecular complexity index is 1310. The Kier molecular flexibility index (Phi) is 7.94. The van der Waals surface area contributed by atoms with Gasteiger partial charge in [-0.1, -0.05) is 36.0 Å². The maximum atomic E-state index is 13.3. The number of nitrogens with zero attached hydrogens (tertiary/aromatic N) is 2. The predicted molar refractivity (Wildman–Crippen MR) is 138 cm³/mol. The van der Waals surface area contributed by atoms with Gasteiger partial charge in [0.25, 0.3) is 17.5 Å². The van der Waals surface area contributed by atoms with E-state index in [1.165, 1.54) is 41.0 Å². The Balaban J connectivity index is 1.51. The molecule has 1 fully saturated rings. The van der Waals surface area contributed by atoms with Gasteiger partial charge in [-0.3, -0.25) is 25.1 Å². The summed E-state index contributed by atoms with van der Waals surface area (Å²) in [7, 11) is 3.14. The van der Waals surface area contributed by atoms with Crippen molar-refractivity contribution in [2.45, 2.75) is 5.37 Å². The lowest BCUT2D eigenvalue weighted by molar-refractivity contribution is -0.384. The molecule has 1 heterocycles. The molecule has 0 radical (unpaired) electrons. The number of amides is 2. The highest BCUT2D eigenvalue weighted by molar-refractivity contribution is 8.04. The number of nitrogens with one attached hydrogen (secondary N) is 1. The number of ether oxygens (including phenoxy) is 3. The van der Waals surface area contributed by atoms with E-state index in [0.717, 1.165) is 11.1 Å². The third kappa shape index (κ3) is 6.19. The first-order valence-electron chi connectivity index (χ1n) is 11.0. The Hall–Kier alpha value is -4.51. The van der Waals surface area contributed by atoms with Crippen molar-refractivity contribution < 1.29 is 28.7 Å². The Morgan fingerprint density at radius 3 is 2.11 bits per heavy atom. The monoisotopic (exact) mass is 521 g/mol. The lowest BCUT2D eigenvalue weighted by atomic mass is 10.2. The molecular formula is C26H23N3O7S. The number of rotatable bonds is 9.